The molecule has 1 aliphatic rings. The van der Waals surface area contributed by atoms with Crippen LogP contribution in [0.2, 0.25) is 5.02 Å². The predicted octanol–water partition coefficient (Wildman–Crippen LogP) is 3.31. The highest BCUT2D eigenvalue weighted by Crippen LogP contribution is 2.23. The number of nitrogens with one attached hydrogen (secondary N) is 2. The number of carbonyl (C=O) groups is 1. The van der Waals surface area contributed by atoms with Crippen molar-refractivity contribution in [3.8, 4) is 0 Å². The molecule has 27 heavy (non-hydrogen) atoms. The van der Waals surface area contributed by atoms with Crippen LogP contribution in [0.25, 0.3) is 0 Å². The molecular formula is C18H19ClFN3O3S. The third-order valence-corrected chi connectivity index (χ3v) is 6.44. The summed E-state index contributed by atoms with van der Waals surface area (Å²) in [6, 6.07) is 9.96. The van der Waals surface area contributed by atoms with E-state index >= 15 is 0 Å². The molecule has 1 fully saturated rings. The van der Waals surface area contributed by atoms with E-state index in [0.717, 1.165) is 18.9 Å². The molecule has 0 aromatic heterocycles. The van der Waals surface area contributed by atoms with Gasteiger partial charge in [0.15, 0.2) is 0 Å². The number of hydrogen-bond donors (Lipinski definition) is 2. The Labute approximate surface area is 162 Å². The van der Waals surface area contributed by atoms with Crippen molar-refractivity contribution in [1.82, 2.24) is 4.31 Å². The van der Waals surface area contributed by atoms with Gasteiger partial charge < -0.3 is 10.6 Å². The van der Waals surface area contributed by atoms with E-state index in [2.05, 4.69) is 10.6 Å². The van der Waals surface area contributed by atoms with Crippen LogP contribution in [0.5, 0.6) is 0 Å². The highest BCUT2D eigenvalue weighted by molar-refractivity contribution is 7.89. The molecule has 1 aliphatic heterocycles. The fourth-order valence-electron chi connectivity index (χ4n) is 2.79. The van der Waals surface area contributed by atoms with Crippen molar-refractivity contribution in [1.29, 1.82) is 0 Å². The summed E-state index contributed by atoms with van der Waals surface area (Å²) in [6.07, 6.45) is 1.76. The highest BCUT2D eigenvalue weighted by atomic mass is 35.5. The van der Waals surface area contributed by atoms with E-state index in [9.17, 15) is 17.6 Å². The average Bonchev–Trinajstić information content (AvgIpc) is 3.18. The quantitative estimate of drug-likeness (QED) is 0.764. The molecule has 2 aromatic rings. The maximum atomic E-state index is 13.0. The minimum Gasteiger partial charge on any atom is -0.376 e. The van der Waals surface area contributed by atoms with Gasteiger partial charge in [0.1, 0.15) is 5.82 Å². The number of nitrogens with zero attached hydrogens (tertiary/aromatic N) is 1. The van der Waals surface area contributed by atoms with Crippen LogP contribution in [0.15, 0.2) is 47.4 Å². The van der Waals surface area contributed by atoms with Crippen LogP contribution in [0.4, 0.5) is 15.8 Å². The number of halogens is 2. The molecule has 1 amide bonds. The van der Waals surface area contributed by atoms with E-state index in [1.807, 2.05) is 0 Å². The SMILES string of the molecule is O=C(CNc1ccc(S(=O)(=O)N2CCCC2)cc1)Nc1ccc(F)cc1Cl. The van der Waals surface area contributed by atoms with Gasteiger partial charge in [-0.2, -0.15) is 4.31 Å². The minimum absolute atomic E-state index is 0.0497. The molecular weight excluding hydrogens is 393 g/mol. The molecule has 2 aromatic carbocycles. The van der Waals surface area contributed by atoms with Crippen molar-refractivity contribution < 1.29 is 17.6 Å². The molecule has 0 spiro atoms. The van der Waals surface area contributed by atoms with E-state index < -0.39 is 15.8 Å². The average molecular weight is 412 g/mol. The lowest BCUT2D eigenvalue weighted by Crippen LogP contribution is -2.27. The molecule has 0 aliphatic carbocycles. The Kier molecular flexibility index (Phi) is 5.98. The van der Waals surface area contributed by atoms with Crippen molar-refractivity contribution >= 4 is 38.9 Å². The van der Waals surface area contributed by atoms with Crippen molar-refractivity contribution in [2.24, 2.45) is 0 Å². The fraction of sp³-hybridized carbons (Fsp3) is 0.278. The van der Waals surface area contributed by atoms with Gasteiger partial charge in [-0.1, -0.05) is 11.6 Å². The van der Waals surface area contributed by atoms with Crippen LogP contribution in [-0.4, -0.2) is 38.3 Å². The summed E-state index contributed by atoms with van der Waals surface area (Å²) in [5.41, 5.74) is 0.924. The lowest BCUT2D eigenvalue weighted by Gasteiger charge is -2.15. The first-order chi connectivity index (χ1) is 12.9. The Hall–Kier alpha value is -2.16. The maximum Gasteiger partial charge on any atom is 0.243 e. The summed E-state index contributed by atoms with van der Waals surface area (Å²) in [5, 5.41) is 5.59. The van der Waals surface area contributed by atoms with Crippen LogP contribution in [0.1, 0.15) is 12.8 Å². The maximum absolute atomic E-state index is 13.0. The van der Waals surface area contributed by atoms with Crippen molar-refractivity contribution in [3.63, 3.8) is 0 Å². The lowest BCUT2D eigenvalue weighted by atomic mass is 10.3. The van der Waals surface area contributed by atoms with Gasteiger partial charge in [-0.3, -0.25) is 4.79 Å². The Bertz CT molecular complexity index is 929. The zero-order valence-electron chi connectivity index (χ0n) is 14.4. The summed E-state index contributed by atoms with van der Waals surface area (Å²) in [4.78, 5) is 12.2. The summed E-state index contributed by atoms with van der Waals surface area (Å²) in [7, 11) is -3.45. The van der Waals surface area contributed by atoms with Gasteiger partial charge in [-0.15, -0.1) is 0 Å². The predicted molar refractivity (Wildman–Crippen MR) is 103 cm³/mol. The zero-order valence-corrected chi connectivity index (χ0v) is 16.0. The summed E-state index contributed by atoms with van der Waals surface area (Å²) < 4.78 is 39.4. The monoisotopic (exact) mass is 411 g/mol. The lowest BCUT2D eigenvalue weighted by molar-refractivity contribution is -0.114. The van der Waals surface area contributed by atoms with Crippen LogP contribution in [0.3, 0.4) is 0 Å². The fourth-order valence-corrected chi connectivity index (χ4v) is 4.52. The molecule has 1 saturated heterocycles. The first-order valence-corrected chi connectivity index (χ1v) is 10.3. The molecule has 0 saturated carbocycles. The Balaban J connectivity index is 1.57. The summed E-state index contributed by atoms with van der Waals surface area (Å²) >= 11 is 5.87. The van der Waals surface area contributed by atoms with E-state index in [1.165, 1.54) is 28.6 Å². The molecule has 0 radical (unpaired) electrons. The van der Waals surface area contributed by atoms with Gasteiger partial charge in [-0.05, 0) is 55.3 Å². The van der Waals surface area contributed by atoms with Gasteiger partial charge in [0, 0.05) is 18.8 Å². The van der Waals surface area contributed by atoms with Crippen molar-refractivity contribution in [2.45, 2.75) is 17.7 Å². The Morgan fingerprint density at radius 3 is 2.41 bits per heavy atom. The molecule has 0 atom stereocenters. The van der Waals surface area contributed by atoms with Gasteiger partial charge >= 0.3 is 0 Å². The molecule has 2 N–H and O–H groups in total. The van der Waals surface area contributed by atoms with Crippen LogP contribution in [0, 0.1) is 5.82 Å². The smallest absolute Gasteiger partial charge is 0.243 e. The van der Waals surface area contributed by atoms with Crippen molar-refractivity contribution in [3.05, 3.63) is 53.3 Å². The number of sulfonamides is 1. The zero-order chi connectivity index (χ0) is 19.4. The highest BCUT2D eigenvalue weighted by Gasteiger charge is 2.26. The number of benzene rings is 2. The first kappa shape index (κ1) is 19.6. The van der Waals surface area contributed by atoms with E-state index in [1.54, 1.807) is 12.1 Å². The normalized spacial score (nSPS) is 14.9. The van der Waals surface area contributed by atoms with Gasteiger partial charge in [0.05, 0.1) is 22.2 Å². The van der Waals surface area contributed by atoms with E-state index in [4.69, 9.17) is 11.6 Å². The molecule has 9 heteroatoms. The standard InChI is InChI=1S/C18H19ClFN3O3S/c19-16-11-13(20)3-8-17(16)22-18(24)12-21-14-4-6-15(7-5-14)27(25,26)23-9-1-2-10-23/h3-8,11,21H,1-2,9-10,12H2,(H,22,24). The second kappa shape index (κ2) is 8.24. The Morgan fingerprint density at radius 2 is 1.78 bits per heavy atom. The third kappa shape index (κ3) is 4.77. The molecule has 3 rings (SSSR count). The number of rotatable bonds is 6. The van der Waals surface area contributed by atoms with E-state index in [-0.39, 0.29) is 22.4 Å². The molecule has 0 bridgehead atoms. The number of carbonyl (C=O) groups excluding carboxylic acids is 1. The van der Waals surface area contributed by atoms with Gasteiger partial charge in [0.25, 0.3) is 0 Å². The number of amides is 1. The number of anilines is 2. The topological polar surface area (TPSA) is 78.5 Å². The largest absolute Gasteiger partial charge is 0.376 e. The molecule has 144 valence electrons. The second-order valence-corrected chi connectivity index (χ2v) is 8.51. The summed E-state index contributed by atoms with van der Waals surface area (Å²) in [5.74, 6) is -0.850. The number of hydrogen-bond acceptors (Lipinski definition) is 4. The van der Waals surface area contributed by atoms with Crippen LogP contribution >= 0.6 is 11.6 Å². The van der Waals surface area contributed by atoms with Gasteiger partial charge in [-0.25, -0.2) is 12.8 Å². The molecule has 0 unspecified atom stereocenters. The molecule has 1 heterocycles. The Morgan fingerprint density at radius 1 is 1.11 bits per heavy atom. The first-order valence-electron chi connectivity index (χ1n) is 8.45. The van der Waals surface area contributed by atoms with Gasteiger partial charge in [0.2, 0.25) is 15.9 Å². The summed E-state index contributed by atoms with van der Waals surface area (Å²) in [6.45, 7) is 1.05. The van der Waals surface area contributed by atoms with Crippen LogP contribution in [-0.2, 0) is 14.8 Å². The molecule has 6 nitrogen and oxygen atoms in total. The second-order valence-electron chi connectivity index (χ2n) is 6.16. The third-order valence-electron chi connectivity index (χ3n) is 4.22. The minimum atomic E-state index is -3.45. The van der Waals surface area contributed by atoms with Crippen LogP contribution < -0.4 is 10.6 Å². The van der Waals surface area contributed by atoms with E-state index in [0.29, 0.717) is 24.5 Å². The van der Waals surface area contributed by atoms with Crippen molar-refractivity contribution in [2.75, 3.05) is 30.3 Å².